The standard InChI is InChI=1S/C13H13BrO3S/c1-8-4-6-11(7-5-8)18(17)13(10(3)16)12(14)9(2)15/h4-7H,1-3H3/b13-12+. The molecule has 1 aromatic carbocycles. The molecule has 3 nitrogen and oxygen atoms in total. The van der Waals surface area contributed by atoms with Crippen LogP contribution in [0.4, 0.5) is 0 Å². The molecule has 0 aromatic heterocycles. The third-order valence-electron chi connectivity index (χ3n) is 2.25. The van der Waals surface area contributed by atoms with Crippen molar-refractivity contribution in [3.8, 4) is 0 Å². The predicted molar refractivity (Wildman–Crippen MR) is 74.9 cm³/mol. The van der Waals surface area contributed by atoms with Crippen molar-refractivity contribution in [2.24, 2.45) is 0 Å². The normalized spacial score (nSPS) is 13.8. The molecule has 0 radical (unpaired) electrons. The van der Waals surface area contributed by atoms with Gasteiger partial charge in [-0.3, -0.25) is 9.59 Å². The highest BCUT2D eigenvalue weighted by atomic mass is 79.9. The summed E-state index contributed by atoms with van der Waals surface area (Å²) >= 11 is 3.04. The summed E-state index contributed by atoms with van der Waals surface area (Å²) in [5, 5.41) is 0. The van der Waals surface area contributed by atoms with E-state index in [9.17, 15) is 13.8 Å². The Balaban J connectivity index is 3.29. The maximum absolute atomic E-state index is 12.3. The first-order chi connectivity index (χ1) is 8.34. The fourth-order valence-corrected chi connectivity index (χ4v) is 3.21. The molecule has 0 aliphatic rings. The van der Waals surface area contributed by atoms with Gasteiger partial charge in [-0.2, -0.15) is 0 Å². The quantitative estimate of drug-likeness (QED) is 0.798. The van der Waals surface area contributed by atoms with E-state index in [1.54, 1.807) is 12.1 Å². The zero-order valence-corrected chi connectivity index (χ0v) is 12.7. The Morgan fingerprint density at radius 3 is 1.94 bits per heavy atom. The number of halogens is 1. The zero-order chi connectivity index (χ0) is 13.9. The summed E-state index contributed by atoms with van der Waals surface area (Å²) < 4.78 is 12.4. The van der Waals surface area contributed by atoms with Crippen LogP contribution in [0.15, 0.2) is 38.5 Å². The van der Waals surface area contributed by atoms with Crippen LogP contribution in [0, 0.1) is 6.92 Å². The topological polar surface area (TPSA) is 51.2 Å². The highest BCUT2D eigenvalue weighted by Gasteiger charge is 2.21. The van der Waals surface area contributed by atoms with Crippen molar-refractivity contribution in [1.82, 2.24) is 0 Å². The van der Waals surface area contributed by atoms with Gasteiger partial charge in [0.2, 0.25) is 0 Å². The highest BCUT2D eigenvalue weighted by Crippen LogP contribution is 2.23. The van der Waals surface area contributed by atoms with Crippen LogP contribution >= 0.6 is 15.9 Å². The smallest absolute Gasteiger partial charge is 0.170 e. The van der Waals surface area contributed by atoms with E-state index in [1.165, 1.54) is 13.8 Å². The minimum atomic E-state index is -1.65. The summed E-state index contributed by atoms with van der Waals surface area (Å²) in [7, 11) is -1.65. The van der Waals surface area contributed by atoms with E-state index < -0.39 is 10.8 Å². The van der Waals surface area contributed by atoms with Crippen LogP contribution in [0.5, 0.6) is 0 Å². The Morgan fingerprint density at radius 1 is 1.06 bits per heavy atom. The maximum Gasteiger partial charge on any atom is 0.170 e. The third kappa shape index (κ3) is 3.46. The maximum atomic E-state index is 12.3. The van der Waals surface area contributed by atoms with Gasteiger partial charge < -0.3 is 0 Å². The molecule has 1 aromatic rings. The molecular weight excluding hydrogens is 316 g/mol. The molecule has 0 spiro atoms. The molecule has 96 valence electrons. The monoisotopic (exact) mass is 328 g/mol. The Hall–Kier alpha value is -1.07. The molecule has 18 heavy (non-hydrogen) atoms. The van der Waals surface area contributed by atoms with Gasteiger partial charge in [-0.05, 0) is 48.8 Å². The minimum absolute atomic E-state index is 0.00588. The minimum Gasteiger partial charge on any atom is -0.294 e. The van der Waals surface area contributed by atoms with Crippen molar-refractivity contribution in [2.45, 2.75) is 25.7 Å². The van der Waals surface area contributed by atoms with E-state index in [-0.39, 0.29) is 21.0 Å². The number of Topliss-reactive ketones (excluding diaryl/α,β-unsaturated/α-hetero) is 2. The van der Waals surface area contributed by atoms with Gasteiger partial charge in [-0.15, -0.1) is 0 Å². The van der Waals surface area contributed by atoms with Crippen LogP contribution in [0.2, 0.25) is 0 Å². The van der Waals surface area contributed by atoms with E-state index in [0.29, 0.717) is 4.90 Å². The summed E-state index contributed by atoms with van der Waals surface area (Å²) in [5.74, 6) is -0.698. The van der Waals surface area contributed by atoms with Gasteiger partial charge in [-0.25, -0.2) is 4.21 Å². The molecule has 0 amide bonds. The number of rotatable bonds is 4. The Labute approximate surface area is 117 Å². The second kappa shape index (κ2) is 6.20. The summed E-state index contributed by atoms with van der Waals surface area (Å²) in [5.41, 5.74) is 1.04. The molecule has 0 fully saturated rings. The van der Waals surface area contributed by atoms with Crippen molar-refractivity contribution in [2.75, 3.05) is 0 Å². The van der Waals surface area contributed by atoms with Gasteiger partial charge in [0, 0.05) is 4.90 Å². The number of carbonyl (C=O) groups excluding carboxylic acids is 2. The lowest BCUT2D eigenvalue weighted by atomic mass is 10.2. The largest absolute Gasteiger partial charge is 0.294 e. The predicted octanol–water partition coefficient (Wildman–Crippen LogP) is 2.89. The Kier molecular flexibility index (Phi) is 5.16. The SMILES string of the molecule is CC(=O)/C(Br)=C(/C(C)=O)S(=O)c1ccc(C)cc1. The van der Waals surface area contributed by atoms with E-state index >= 15 is 0 Å². The molecule has 0 heterocycles. The lowest BCUT2D eigenvalue weighted by Gasteiger charge is -2.06. The lowest BCUT2D eigenvalue weighted by molar-refractivity contribution is -0.115. The van der Waals surface area contributed by atoms with E-state index in [0.717, 1.165) is 5.56 Å². The molecule has 1 atom stereocenters. The van der Waals surface area contributed by atoms with Crippen LogP contribution < -0.4 is 0 Å². The molecule has 1 unspecified atom stereocenters. The van der Waals surface area contributed by atoms with E-state index in [1.807, 2.05) is 19.1 Å². The Morgan fingerprint density at radius 2 is 1.56 bits per heavy atom. The van der Waals surface area contributed by atoms with Gasteiger partial charge in [0.05, 0.1) is 15.3 Å². The first kappa shape index (κ1) is 15.0. The third-order valence-corrected chi connectivity index (χ3v) is 5.03. The molecule has 0 aliphatic carbocycles. The summed E-state index contributed by atoms with van der Waals surface area (Å²) in [4.78, 5) is 23.3. The van der Waals surface area contributed by atoms with Crippen LogP contribution in [0.3, 0.4) is 0 Å². The second-order valence-corrected chi connectivity index (χ2v) is 6.05. The van der Waals surface area contributed by atoms with E-state index in [4.69, 9.17) is 0 Å². The summed E-state index contributed by atoms with van der Waals surface area (Å²) in [6.07, 6.45) is 0. The first-order valence-corrected chi connectivity index (χ1v) is 7.19. The number of benzene rings is 1. The molecule has 0 N–H and O–H groups in total. The molecule has 5 heteroatoms. The fraction of sp³-hybridized carbons (Fsp3) is 0.231. The molecule has 1 rings (SSSR count). The highest BCUT2D eigenvalue weighted by molar-refractivity contribution is 9.12. The number of ketones is 2. The van der Waals surface area contributed by atoms with Crippen molar-refractivity contribution in [3.63, 3.8) is 0 Å². The van der Waals surface area contributed by atoms with Crippen molar-refractivity contribution < 1.29 is 13.8 Å². The molecular formula is C13H13BrO3S. The van der Waals surface area contributed by atoms with Crippen LogP contribution in [-0.4, -0.2) is 15.8 Å². The van der Waals surface area contributed by atoms with Gasteiger partial charge in [0.25, 0.3) is 0 Å². The Bertz CT molecular complexity index is 544. The van der Waals surface area contributed by atoms with Crippen LogP contribution in [0.25, 0.3) is 0 Å². The van der Waals surface area contributed by atoms with Gasteiger partial charge in [0.1, 0.15) is 4.91 Å². The second-order valence-electron chi connectivity index (χ2n) is 3.84. The molecule has 0 bridgehead atoms. The number of carbonyl (C=O) groups is 2. The van der Waals surface area contributed by atoms with Crippen LogP contribution in [-0.2, 0) is 20.4 Å². The summed E-state index contributed by atoms with van der Waals surface area (Å²) in [6.45, 7) is 4.53. The molecule has 0 aliphatic heterocycles. The van der Waals surface area contributed by atoms with Crippen LogP contribution in [0.1, 0.15) is 19.4 Å². The van der Waals surface area contributed by atoms with Gasteiger partial charge in [-0.1, -0.05) is 17.7 Å². The van der Waals surface area contributed by atoms with Crippen molar-refractivity contribution in [1.29, 1.82) is 0 Å². The lowest BCUT2D eigenvalue weighted by Crippen LogP contribution is -2.09. The van der Waals surface area contributed by atoms with Gasteiger partial charge in [0.15, 0.2) is 11.6 Å². The fourth-order valence-electron chi connectivity index (χ4n) is 1.31. The zero-order valence-electron chi connectivity index (χ0n) is 10.3. The average molecular weight is 329 g/mol. The summed E-state index contributed by atoms with van der Waals surface area (Å²) in [6, 6.07) is 7.00. The first-order valence-electron chi connectivity index (χ1n) is 5.24. The van der Waals surface area contributed by atoms with Gasteiger partial charge >= 0.3 is 0 Å². The van der Waals surface area contributed by atoms with E-state index in [2.05, 4.69) is 15.9 Å². The number of hydrogen-bond acceptors (Lipinski definition) is 3. The molecule has 0 saturated heterocycles. The molecule has 0 saturated carbocycles. The number of allylic oxidation sites excluding steroid dienone is 2. The van der Waals surface area contributed by atoms with Crippen molar-refractivity contribution >= 4 is 38.3 Å². The average Bonchev–Trinajstić information content (AvgIpc) is 2.29. The van der Waals surface area contributed by atoms with Crippen molar-refractivity contribution in [3.05, 3.63) is 39.2 Å². The number of aryl methyl sites for hydroxylation is 1. The number of hydrogen-bond donors (Lipinski definition) is 0.